The van der Waals surface area contributed by atoms with Gasteiger partial charge in [-0.1, -0.05) is 6.07 Å². The van der Waals surface area contributed by atoms with Crippen LogP contribution >= 0.6 is 11.8 Å². The van der Waals surface area contributed by atoms with E-state index in [0.717, 1.165) is 18.7 Å². The van der Waals surface area contributed by atoms with Gasteiger partial charge in [0.15, 0.2) is 0 Å². The summed E-state index contributed by atoms with van der Waals surface area (Å²) in [7, 11) is 0. The van der Waals surface area contributed by atoms with Gasteiger partial charge in [-0.25, -0.2) is 8.78 Å². The average Bonchev–Trinajstić information content (AvgIpc) is 2.19. The van der Waals surface area contributed by atoms with Crippen molar-refractivity contribution >= 4 is 11.8 Å². The van der Waals surface area contributed by atoms with Gasteiger partial charge in [0, 0.05) is 0 Å². The fourth-order valence-electron chi connectivity index (χ4n) is 1.51. The number of thioether (sulfide) groups is 1. The predicted molar refractivity (Wildman–Crippen MR) is 54.2 cm³/mol. The zero-order chi connectivity index (χ0) is 9.97. The van der Waals surface area contributed by atoms with Crippen LogP contribution in [0.3, 0.4) is 0 Å². The minimum absolute atomic E-state index is 0.164. The van der Waals surface area contributed by atoms with Crippen molar-refractivity contribution in [1.29, 1.82) is 0 Å². The Kier molecular flexibility index (Phi) is 3.03. The summed E-state index contributed by atoms with van der Waals surface area (Å²) in [5.74, 6) is 0.0274. The maximum Gasteiger partial charge on any atom is 0.131 e. The molecule has 0 aliphatic carbocycles. The third kappa shape index (κ3) is 1.91. The summed E-state index contributed by atoms with van der Waals surface area (Å²) in [6, 6.07) is 3.99. The highest BCUT2D eigenvalue weighted by Crippen LogP contribution is 2.32. The molecule has 1 N–H and O–H groups in total. The minimum Gasteiger partial charge on any atom is -0.301 e. The summed E-state index contributed by atoms with van der Waals surface area (Å²) in [6.45, 7) is 0.825. The second kappa shape index (κ2) is 4.28. The molecule has 0 saturated carbocycles. The normalized spacial score (nSPS) is 22.3. The molecule has 1 saturated heterocycles. The number of halogens is 2. The Hall–Kier alpha value is -0.610. The average molecular weight is 215 g/mol. The second-order valence-corrected chi connectivity index (χ2v) is 4.41. The summed E-state index contributed by atoms with van der Waals surface area (Å²) >= 11 is 1.55. The molecule has 0 amide bonds. The van der Waals surface area contributed by atoms with Crippen LogP contribution in [-0.4, -0.2) is 12.3 Å². The van der Waals surface area contributed by atoms with Crippen molar-refractivity contribution in [2.45, 2.75) is 11.8 Å². The molecule has 1 heterocycles. The lowest BCUT2D eigenvalue weighted by Crippen LogP contribution is -2.26. The molecule has 4 heteroatoms. The molecule has 14 heavy (non-hydrogen) atoms. The molecule has 0 radical (unpaired) electrons. The molecule has 1 nitrogen and oxygen atoms in total. The van der Waals surface area contributed by atoms with Gasteiger partial charge in [0.25, 0.3) is 0 Å². The van der Waals surface area contributed by atoms with E-state index in [2.05, 4.69) is 5.32 Å². The van der Waals surface area contributed by atoms with E-state index >= 15 is 0 Å². The second-order valence-electron chi connectivity index (χ2n) is 3.19. The van der Waals surface area contributed by atoms with E-state index in [-0.39, 0.29) is 10.9 Å². The van der Waals surface area contributed by atoms with Gasteiger partial charge in [0.1, 0.15) is 11.6 Å². The van der Waals surface area contributed by atoms with Gasteiger partial charge in [-0.05, 0) is 30.9 Å². The van der Waals surface area contributed by atoms with Gasteiger partial charge in [0.05, 0.1) is 10.9 Å². The minimum atomic E-state index is -0.461. The van der Waals surface area contributed by atoms with Crippen LogP contribution in [0.4, 0.5) is 8.78 Å². The molecular formula is C10H11F2NS. The lowest BCUT2D eigenvalue weighted by atomic mass is 10.2. The van der Waals surface area contributed by atoms with Crippen LogP contribution < -0.4 is 5.32 Å². The molecule has 0 bridgehead atoms. The van der Waals surface area contributed by atoms with Gasteiger partial charge in [-0.15, -0.1) is 11.8 Å². The van der Waals surface area contributed by atoms with Gasteiger partial charge in [-0.2, -0.15) is 0 Å². The van der Waals surface area contributed by atoms with Crippen LogP contribution in [0.25, 0.3) is 0 Å². The molecule has 2 rings (SSSR count). The third-order valence-electron chi connectivity index (χ3n) is 2.20. The van der Waals surface area contributed by atoms with Crippen LogP contribution in [0.15, 0.2) is 18.2 Å². The summed E-state index contributed by atoms with van der Waals surface area (Å²) in [6.07, 6.45) is 1.05. The van der Waals surface area contributed by atoms with E-state index in [1.165, 1.54) is 18.2 Å². The molecule has 0 spiro atoms. The van der Waals surface area contributed by atoms with E-state index < -0.39 is 11.6 Å². The van der Waals surface area contributed by atoms with Crippen LogP contribution in [0.1, 0.15) is 17.4 Å². The number of hydrogen-bond acceptors (Lipinski definition) is 2. The predicted octanol–water partition coefficient (Wildman–Crippen LogP) is 2.69. The summed E-state index contributed by atoms with van der Waals surface area (Å²) < 4.78 is 26.7. The fourth-order valence-corrected chi connectivity index (χ4v) is 2.69. The van der Waals surface area contributed by atoms with Crippen molar-refractivity contribution in [2.24, 2.45) is 0 Å². The van der Waals surface area contributed by atoms with E-state index in [4.69, 9.17) is 0 Å². The number of hydrogen-bond donors (Lipinski definition) is 1. The standard InChI is InChI=1S/C10H11F2NS/c11-7-3-1-4-8(12)9(7)10-13-5-2-6-14-10/h1,3-4,10,13H,2,5-6H2. The van der Waals surface area contributed by atoms with Crippen molar-refractivity contribution in [3.63, 3.8) is 0 Å². The third-order valence-corrected chi connectivity index (χ3v) is 3.46. The Balaban J connectivity index is 2.29. The van der Waals surface area contributed by atoms with Gasteiger partial charge < -0.3 is 5.32 Å². The first-order valence-corrected chi connectivity index (χ1v) is 5.63. The molecule has 1 aromatic carbocycles. The molecule has 1 aromatic rings. The highest BCUT2D eigenvalue weighted by molar-refractivity contribution is 7.99. The Bertz CT molecular complexity index is 304. The zero-order valence-electron chi connectivity index (χ0n) is 7.59. The maximum atomic E-state index is 13.3. The van der Waals surface area contributed by atoms with Crippen LogP contribution in [-0.2, 0) is 0 Å². The molecule has 1 fully saturated rings. The van der Waals surface area contributed by atoms with Gasteiger partial charge in [0.2, 0.25) is 0 Å². The zero-order valence-corrected chi connectivity index (χ0v) is 8.41. The summed E-state index contributed by atoms with van der Waals surface area (Å²) in [4.78, 5) is 0. The molecular weight excluding hydrogens is 204 g/mol. The molecule has 1 unspecified atom stereocenters. The van der Waals surface area contributed by atoms with Crippen LogP contribution in [0.5, 0.6) is 0 Å². The Morgan fingerprint density at radius 2 is 2.00 bits per heavy atom. The van der Waals surface area contributed by atoms with Crippen LogP contribution in [0.2, 0.25) is 0 Å². The Morgan fingerprint density at radius 1 is 1.29 bits per heavy atom. The summed E-state index contributed by atoms with van der Waals surface area (Å²) in [5.41, 5.74) is 0.164. The lowest BCUT2D eigenvalue weighted by Gasteiger charge is -2.23. The molecule has 1 aliphatic heterocycles. The van der Waals surface area contributed by atoms with Crippen molar-refractivity contribution in [3.8, 4) is 0 Å². The van der Waals surface area contributed by atoms with Crippen molar-refractivity contribution < 1.29 is 8.78 Å². The smallest absolute Gasteiger partial charge is 0.131 e. The number of rotatable bonds is 1. The quantitative estimate of drug-likeness (QED) is 0.773. The topological polar surface area (TPSA) is 12.0 Å². The van der Waals surface area contributed by atoms with Crippen molar-refractivity contribution in [1.82, 2.24) is 5.32 Å². The number of benzene rings is 1. The van der Waals surface area contributed by atoms with E-state index in [1.807, 2.05) is 0 Å². The molecule has 1 aliphatic rings. The lowest BCUT2D eigenvalue weighted by molar-refractivity contribution is 0.525. The highest BCUT2D eigenvalue weighted by atomic mass is 32.2. The first-order chi connectivity index (χ1) is 6.79. The maximum absolute atomic E-state index is 13.3. The highest BCUT2D eigenvalue weighted by Gasteiger charge is 2.21. The SMILES string of the molecule is Fc1cccc(F)c1C1NCCCS1. The Labute approximate surface area is 85.9 Å². The number of nitrogens with one attached hydrogen (secondary N) is 1. The van der Waals surface area contributed by atoms with E-state index in [1.54, 1.807) is 11.8 Å². The van der Waals surface area contributed by atoms with E-state index in [9.17, 15) is 8.78 Å². The van der Waals surface area contributed by atoms with Gasteiger partial charge >= 0.3 is 0 Å². The van der Waals surface area contributed by atoms with Gasteiger partial charge in [-0.3, -0.25) is 0 Å². The summed E-state index contributed by atoms with van der Waals surface area (Å²) in [5, 5.41) is 2.87. The first kappa shape index (κ1) is 9.93. The molecule has 76 valence electrons. The first-order valence-electron chi connectivity index (χ1n) is 4.58. The van der Waals surface area contributed by atoms with Crippen molar-refractivity contribution in [3.05, 3.63) is 35.4 Å². The monoisotopic (exact) mass is 215 g/mol. The Morgan fingerprint density at radius 3 is 2.57 bits per heavy atom. The van der Waals surface area contributed by atoms with Crippen molar-refractivity contribution in [2.75, 3.05) is 12.3 Å². The van der Waals surface area contributed by atoms with E-state index in [0.29, 0.717) is 0 Å². The molecule has 1 atom stereocenters. The fraction of sp³-hybridized carbons (Fsp3) is 0.400. The largest absolute Gasteiger partial charge is 0.301 e. The van der Waals surface area contributed by atoms with Crippen LogP contribution in [0, 0.1) is 11.6 Å². The molecule has 0 aromatic heterocycles.